The zero-order chi connectivity index (χ0) is 20.8. The van der Waals surface area contributed by atoms with E-state index < -0.39 is 40.4 Å². The Morgan fingerprint density at radius 3 is 1.96 bits per heavy atom. The molecule has 0 saturated carbocycles. The van der Waals surface area contributed by atoms with Gasteiger partial charge in [-0.3, -0.25) is 0 Å². The molecule has 0 aliphatic rings. The van der Waals surface area contributed by atoms with E-state index in [1.807, 2.05) is 0 Å². The van der Waals surface area contributed by atoms with Crippen molar-refractivity contribution in [3.63, 3.8) is 0 Å². The Hall–Kier alpha value is -0.299. The average Bonchev–Trinajstić information content (AvgIpc) is 2.36. The number of aliphatic hydroxyl groups is 1. The third kappa shape index (κ3) is 12.2. The second-order valence-electron chi connectivity index (χ2n) is 8.83. The van der Waals surface area contributed by atoms with Gasteiger partial charge in [-0.1, -0.05) is 6.58 Å². The van der Waals surface area contributed by atoms with Gasteiger partial charge in [-0.2, -0.15) is 0 Å². The maximum absolute atomic E-state index is 11.6. The molecule has 6 nitrogen and oxygen atoms in total. The lowest BCUT2D eigenvalue weighted by atomic mass is 10.3. The molecule has 0 fully saturated rings. The molecule has 0 bridgehead atoms. The first-order chi connectivity index (χ1) is 11.5. The molecule has 0 amide bonds. The summed E-state index contributed by atoms with van der Waals surface area (Å²) in [6.07, 6.45) is -0.518. The van der Waals surface area contributed by atoms with Crippen molar-refractivity contribution in [3.8, 4) is 0 Å². The minimum Gasteiger partial charge on any atom is -0.430 e. The van der Waals surface area contributed by atoms with Crippen LogP contribution in [0.5, 0.6) is 0 Å². The molecular weight excluding hydrogens is 384 g/mol. The van der Waals surface area contributed by atoms with Gasteiger partial charge in [0, 0.05) is 5.57 Å². The van der Waals surface area contributed by atoms with Crippen LogP contribution in [0, 0.1) is 0 Å². The molecule has 2 unspecified atom stereocenters. The predicted molar refractivity (Wildman–Crippen MR) is 113 cm³/mol. The van der Waals surface area contributed by atoms with Gasteiger partial charge in [0.15, 0.2) is 16.6 Å². The fourth-order valence-electron chi connectivity index (χ4n) is 2.49. The first-order valence-corrected chi connectivity index (χ1v) is 16.9. The van der Waals surface area contributed by atoms with Gasteiger partial charge in [-0.05, 0) is 66.0 Å². The molecule has 26 heavy (non-hydrogen) atoms. The van der Waals surface area contributed by atoms with Crippen LogP contribution < -0.4 is 0 Å². The van der Waals surface area contributed by atoms with E-state index in [2.05, 4.69) is 45.9 Å². The van der Waals surface area contributed by atoms with E-state index in [4.69, 9.17) is 18.3 Å². The third-order valence-electron chi connectivity index (χ3n) is 3.07. The van der Waals surface area contributed by atoms with Crippen molar-refractivity contribution in [2.75, 3.05) is 6.61 Å². The van der Waals surface area contributed by atoms with Gasteiger partial charge in [-0.25, -0.2) is 4.79 Å². The fraction of sp³-hybridized carbons (Fsp3) is 0.824. The van der Waals surface area contributed by atoms with Crippen LogP contribution in [-0.4, -0.2) is 62.4 Å². The molecule has 0 rings (SSSR count). The summed E-state index contributed by atoms with van der Waals surface area (Å²) in [4.78, 5) is 11.6. The Bertz CT molecular complexity index is 452. The first kappa shape index (κ1) is 25.7. The molecule has 154 valence electrons. The molecular formula is C17H38O6Si3. The highest BCUT2D eigenvalue weighted by molar-refractivity contribution is 6.71. The highest BCUT2D eigenvalue weighted by Crippen LogP contribution is 2.26. The lowest BCUT2D eigenvalue weighted by Gasteiger charge is -2.41. The maximum atomic E-state index is 11.6. The maximum Gasteiger partial charge on any atom is 0.335 e. The zero-order valence-corrected chi connectivity index (χ0v) is 22.0. The molecule has 0 radical (unpaired) electrons. The van der Waals surface area contributed by atoms with Gasteiger partial charge >= 0.3 is 5.97 Å². The van der Waals surface area contributed by atoms with E-state index in [1.165, 1.54) is 6.92 Å². The van der Waals surface area contributed by atoms with E-state index in [-0.39, 0.29) is 5.57 Å². The highest BCUT2D eigenvalue weighted by Gasteiger charge is 2.36. The largest absolute Gasteiger partial charge is 0.430 e. The number of carbonyl (C=O) groups excluding carboxylic acids is 1. The number of hydrogen-bond donors (Lipinski definition) is 1. The minimum atomic E-state index is -1.75. The van der Waals surface area contributed by atoms with Gasteiger partial charge in [0.05, 0.1) is 16.8 Å². The topological polar surface area (TPSA) is 74.2 Å². The summed E-state index contributed by atoms with van der Waals surface area (Å²) < 4.78 is 23.4. The summed E-state index contributed by atoms with van der Waals surface area (Å²) in [6.45, 7) is 19.9. The van der Waals surface area contributed by atoms with Crippen molar-refractivity contribution in [1.29, 1.82) is 0 Å². The average molecular weight is 423 g/mol. The Morgan fingerprint density at radius 2 is 1.62 bits per heavy atom. The minimum absolute atomic E-state index is 0.268. The van der Waals surface area contributed by atoms with Gasteiger partial charge in [0.25, 0.3) is 0 Å². The third-order valence-corrected chi connectivity index (χ3v) is 6.88. The van der Waals surface area contributed by atoms with Crippen molar-refractivity contribution in [2.24, 2.45) is 0 Å². The molecule has 0 aliphatic carbocycles. The lowest BCUT2D eigenvalue weighted by Crippen LogP contribution is -2.50. The summed E-state index contributed by atoms with van der Waals surface area (Å²) in [7, 11) is -2.75. The quantitative estimate of drug-likeness (QED) is 0.171. The summed E-state index contributed by atoms with van der Waals surface area (Å²) in [5.41, 5.74) is -0.252. The molecule has 9 heteroatoms. The van der Waals surface area contributed by atoms with Crippen LogP contribution in [-0.2, 0) is 23.1 Å². The van der Waals surface area contributed by atoms with Gasteiger partial charge in [0.1, 0.15) is 11.5 Å². The number of hydrogen-bond acceptors (Lipinski definition) is 6. The highest BCUT2D eigenvalue weighted by atomic mass is 28.4. The van der Waals surface area contributed by atoms with Crippen LogP contribution in [0.25, 0.3) is 0 Å². The van der Waals surface area contributed by atoms with Crippen LogP contribution in [0.4, 0.5) is 0 Å². The number of carbonyl (C=O) groups is 1. The van der Waals surface area contributed by atoms with Crippen LogP contribution in [0.15, 0.2) is 12.2 Å². The Kier molecular flexibility index (Phi) is 10.2. The smallest absolute Gasteiger partial charge is 0.335 e. The summed E-state index contributed by atoms with van der Waals surface area (Å²) >= 11 is 0. The molecule has 0 spiro atoms. The van der Waals surface area contributed by atoms with Crippen LogP contribution in [0.1, 0.15) is 26.7 Å². The molecule has 0 heterocycles. The van der Waals surface area contributed by atoms with Crippen LogP contribution >= 0.6 is 0 Å². The summed E-state index contributed by atoms with van der Waals surface area (Å²) in [5.74, 6) is -0.572. The summed E-state index contributed by atoms with van der Waals surface area (Å²) in [6, 6.07) is 0. The molecule has 0 saturated heterocycles. The standard InChI is InChI=1S/C17H38O6Si3/c1-13(2)15(19)21-16(14(3)18)20-12-10-11-17(24,22-25(4,5)6)23-26(7,8)9/h14,16,18H,1,10-12H2,2-9,24H3. The second-order valence-corrected chi connectivity index (χ2v) is 19.2. The normalized spacial score (nSPS) is 15.6. The van der Waals surface area contributed by atoms with E-state index in [0.29, 0.717) is 19.4 Å². The Morgan fingerprint density at radius 1 is 1.15 bits per heavy atom. The second kappa shape index (κ2) is 10.3. The predicted octanol–water partition coefficient (Wildman–Crippen LogP) is 2.33. The van der Waals surface area contributed by atoms with Gasteiger partial charge < -0.3 is 23.4 Å². The van der Waals surface area contributed by atoms with Gasteiger partial charge in [-0.15, -0.1) is 0 Å². The van der Waals surface area contributed by atoms with E-state index in [9.17, 15) is 9.90 Å². The van der Waals surface area contributed by atoms with Crippen molar-refractivity contribution in [1.82, 2.24) is 0 Å². The van der Waals surface area contributed by atoms with Crippen LogP contribution in [0.3, 0.4) is 0 Å². The molecule has 0 aromatic rings. The number of rotatable bonds is 12. The molecule has 0 aromatic carbocycles. The van der Waals surface area contributed by atoms with Crippen molar-refractivity contribution < 1.29 is 28.2 Å². The monoisotopic (exact) mass is 422 g/mol. The summed E-state index contributed by atoms with van der Waals surface area (Å²) in [5, 5.41) is 9.74. The molecule has 0 aromatic heterocycles. The van der Waals surface area contributed by atoms with Gasteiger partial charge in [0.2, 0.25) is 6.29 Å². The van der Waals surface area contributed by atoms with Crippen molar-refractivity contribution in [3.05, 3.63) is 12.2 Å². The lowest BCUT2D eigenvalue weighted by molar-refractivity contribution is -0.198. The zero-order valence-electron chi connectivity index (χ0n) is 18.0. The SMILES string of the molecule is C=C(C)C(=O)OC(OCCCC([SiH3])(O[Si](C)(C)C)O[Si](C)(C)C)C(C)O. The van der Waals surface area contributed by atoms with E-state index >= 15 is 0 Å². The molecule has 1 N–H and O–H groups in total. The molecule has 2 atom stereocenters. The first-order valence-electron chi connectivity index (χ1n) is 9.11. The molecule has 0 aliphatic heterocycles. The van der Waals surface area contributed by atoms with Crippen molar-refractivity contribution >= 4 is 32.8 Å². The number of aliphatic hydroxyl groups excluding tert-OH is 1. The van der Waals surface area contributed by atoms with Crippen molar-refractivity contribution in [2.45, 2.75) is 83.8 Å². The number of ether oxygens (including phenoxy) is 2. The Balaban J connectivity index is 4.73. The van der Waals surface area contributed by atoms with E-state index in [0.717, 1.165) is 10.2 Å². The van der Waals surface area contributed by atoms with E-state index in [1.54, 1.807) is 6.92 Å². The number of esters is 1. The van der Waals surface area contributed by atoms with Crippen LogP contribution in [0.2, 0.25) is 39.3 Å². The Labute approximate surface area is 163 Å². The fourth-order valence-corrected chi connectivity index (χ4v) is 9.48.